The van der Waals surface area contributed by atoms with E-state index in [1.165, 1.54) is 11.1 Å². The monoisotopic (exact) mass is 213 g/mol. The number of imidazole rings is 1. The van der Waals surface area contributed by atoms with Crippen molar-refractivity contribution in [3.63, 3.8) is 0 Å². The number of aliphatic hydroxyl groups excluding tert-OH is 1. The summed E-state index contributed by atoms with van der Waals surface area (Å²) in [6, 6.07) is 0. The van der Waals surface area contributed by atoms with Crippen LogP contribution in [0.5, 0.6) is 0 Å². The maximum Gasteiger partial charge on any atom is 0.323 e. The van der Waals surface area contributed by atoms with Crippen LogP contribution in [0.1, 0.15) is 23.8 Å². The Morgan fingerprint density at radius 2 is 2.33 bits per heavy atom. The molecule has 0 saturated heterocycles. The molecule has 84 valence electrons. The van der Waals surface area contributed by atoms with Crippen molar-refractivity contribution < 1.29 is 9.90 Å². The zero-order valence-corrected chi connectivity index (χ0v) is 8.78. The van der Waals surface area contributed by atoms with Crippen LogP contribution in [0, 0.1) is 0 Å². The van der Waals surface area contributed by atoms with Crippen LogP contribution >= 0.6 is 0 Å². The topological polar surface area (TPSA) is 89.2 Å². The number of aromatic nitrogens is 2. The van der Waals surface area contributed by atoms with Gasteiger partial charge in [-0.25, -0.2) is 4.79 Å². The highest BCUT2D eigenvalue weighted by Crippen LogP contribution is 1.99. The Kier molecular flexibility index (Phi) is 3.68. The number of aromatic amines is 2. The van der Waals surface area contributed by atoms with Crippen LogP contribution in [0.15, 0.2) is 11.0 Å². The number of carbonyl (C=O) groups is 1. The molecule has 1 amide bonds. The van der Waals surface area contributed by atoms with E-state index in [2.05, 4.69) is 9.97 Å². The van der Waals surface area contributed by atoms with Crippen molar-refractivity contribution in [3.05, 3.63) is 22.4 Å². The third kappa shape index (κ3) is 3.25. The van der Waals surface area contributed by atoms with E-state index in [4.69, 9.17) is 5.11 Å². The van der Waals surface area contributed by atoms with Crippen LogP contribution < -0.4 is 5.69 Å². The van der Waals surface area contributed by atoms with Crippen molar-refractivity contribution in [1.29, 1.82) is 0 Å². The van der Waals surface area contributed by atoms with Crippen LogP contribution in [0.2, 0.25) is 0 Å². The summed E-state index contributed by atoms with van der Waals surface area (Å²) in [5.41, 5.74) is -0.171. The Morgan fingerprint density at radius 1 is 1.67 bits per heavy atom. The van der Waals surface area contributed by atoms with Gasteiger partial charge in [0.15, 0.2) is 0 Å². The first kappa shape index (κ1) is 11.5. The first-order chi connectivity index (χ1) is 7.00. The van der Waals surface area contributed by atoms with Gasteiger partial charge in [-0.2, -0.15) is 0 Å². The number of nitrogens with zero attached hydrogens (tertiary/aromatic N) is 1. The minimum absolute atomic E-state index is 0.230. The van der Waals surface area contributed by atoms with Crippen LogP contribution in [0.25, 0.3) is 0 Å². The summed E-state index contributed by atoms with van der Waals surface area (Å²) in [6.07, 6.45) is 1.41. The maximum absolute atomic E-state index is 11.6. The molecule has 6 nitrogen and oxygen atoms in total. The first-order valence-electron chi connectivity index (χ1n) is 4.72. The lowest BCUT2D eigenvalue weighted by Crippen LogP contribution is -2.30. The molecular weight excluding hydrogens is 198 g/mol. The summed E-state index contributed by atoms with van der Waals surface area (Å²) >= 11 is 0. The molecule has 0 radical (unpaired) electrons. The predicted molar refractivity (Wildman–Crippen MR) is 54.7 cm³/mol. The molecule has 1 aromatic rings. The molecule has 3 N–H and O–H groups in total. The van der Waals surface area contributed by atoms with E-state index in [1.807, 2.05) is 0 Å². The summed E-state index contributed by atoms with van der Waals surface area (Å²) in [4.78, 5) is 28.6. The third-order valence-electron chi connectivity index (χ3n) is 2.06. The lowest BCUT2D eigenvalue weighted by atomic mass is 10.2. The van der Waals surface area contributed by atoms with Crippen LogP contribution in [0.3, 0.4) is 0 Å². The lowest BCUT2D eigenvalue weighted by molar-refractivity contribution is 0.0763. The second-order valence-corrected chi connectivity index (χ2v) is 3.52. The summed E-state index contributed by atoms with van der Waals surface area (Å²) in [5, 5.41) is 9.06. The van der Waals surface area contributed by atoms with Gasteiger partial charge in [0, 0.05) is 19.8 Å². The maximum atomic E-state index is 11.6. The Labute approximate surface area is 86.9 Å². The third-order valence-corrected chi connectivity index (χ3v) is 2.06. The van der Waals surface area contributed by atoms with Crippen molar-refractivity contribution in [2.45, 2.75) is 19.4 Å². The Morgan fingerprint density at radius 3 is 2.80 bits per heavy atom. The van der Waals surface area contributed by atoms with Gasteiger partial charge in [-0.3, -0.25) is 4.79 Å². The van der Waals surface area contributed by atoms with E-state index in [-0.39, 0.29) is 11.6 Å². The number of H-pyrrole nitrogens is 2. The molecule has 15 heavy (non-hydrogen) atoms. The van der Waals surface area contributed by atoms with Gasteiger partial charge in [0.25, 0.3) is 5.91 Å². The molecule has 0 fully saturated rings. The highest BCUT2D eigenvalue weighted by Gasteiger charge is 2.13. The molecule has 1 rings (SSSR count). The number of hydrogen-bond donors (Lipinski definition) is 3. The molecule has 1 heterocycles. The minimum Gasteiger partial charge on any atom is -0.393 e. The van der Waals surface area contributed by atoms with Crippen molar-refractivity contribution >= 4 is 5.91 Å². The number of amides is 1. The minimum atomic E-state index is -0.439. The van der Waals surface area contributed by atoms with Crippen molar-refractivity contribution in [2.75, 3.05) is 13.6 Å². The van der Waals surface area contributed by atoms with E-state index < -0.39 is 11.8 Å². The fourth-order valence-electron chi connectivity index (χ4n) is 1.14. The molecule has 0 aliphatic carbocycles. The Balaban J connectivity index is 2.57. The van der Waals surface area contributed by atoms with Crippen molar-refractivity contribution in [2.24, 2.45) is 0 Å². The molecule has 6 heteroatoms. The number of rotatable bonds is 4. The fourth-order valence-corrected chi connectivity index (χ4v) is 1.14. The van der Waals surface area contributed by atoms with Crippen LogP contribution in [-0.2, 0) is 0 Å². The van der Waals surface area contributed by atoms with Crippen molar-refractivity contribution in [3.8, 4) is 0 Å². The summed E-state index contributed by atoms with van der Waals surface area (Å²) in [6.45, 7) is 2.11. The summed E-state index contributed by atoms with van der Waals surface area (Å²) in [5.74, 6) is -0.269. The smallest absolute Gasteiger partial charge is 0.323 e. The predicted octanol–water partition coefficient (Wildman–Crippen LogP) is -0.454. The van der Waals surface area contributed by atoms with E-state index in [9.17, 15) is 9.59 Å². The van der Waals surface area contributed by atoms with Gasteiger partial charge in [0.2, 0.25) is 0 Å². The van der Waals surface area contributed by atoms with Crippen LogP contribution in [0.4, 0.5) is 0 Å². The quantitative estimate of drug-likeness (QED) is 0.632. The zero-order valence-electron chi connectivity index (χ0n) is 8.78. The number of hydrogen-bond acceptors (Lipinski definition) is 3. The normalized spacial score (nSPS) is 12.5. The van der Waals surface area contributed by atoms with Gasteiger partial charge in [0.1, 0.15) is 5.69 Å². The molecule has 0 aliphatic heterocycles. The molecule has 0 bridgehead atoms. The van der Waals surface area contributed by atoms with Gasteiger partial charge in [-0.1, -0.05) is 0 Å². The number of aliphatic hydroxyl groups is 1. The average Bonchev–Trinajstić information content (AvgIpc) is 2.60. The highest BCUT2D eigenvalue weighted by atomic mass is 16.3. The first-order valence-corrected chi connectivity index (χ1v) is 4.72. The molecule has 1 aromatic heterocycles. The summed E-state index contributed by atoms with van der Waals surface area (Å²) in [7, 11) is 1.62. The second-order valence-electron chi connectivity index (χ2n) is 3.52. The fraction of sp³-hybridized carbons (Fsp3) is 0.556. The second kappa shape index (κ2) is 4.79. The van der Waals surface area contributed by atoms with Gasteiger partial charge < -0.3 is 20.0 Å². The van der Waals surface area contributed by atoms with E-state index in [0.717, 1.165) is 0 Å². The Hall–Kier alpha value is -1.56. The van der Waals surface area contributed by atoms with Gasteiger partial charge in [0.05, 0.1) is 6.10 Å². The molecule has 0 aromatic carbocycles. The number of nitrogens with one attached hydrogen (secondary N) is 2. The highest BCUT2D eigenvalue weighted by molar-refractivity contribution is 5.91. The zero-order chi connectivity index (χ0) is 11.4. The van der Waals surface area contributed by atoms with Gasteiger partial charge in [-0.05, 0) is 13.3 Å². The van der Waals surface area contributed by atoms with E-state index in [1.54, 1.807) is 14.0 Å². The van der Waals surface area contributed by atoms with Gasteiger partial charge in [-0.15, -0.1) is 0 Å². The number of carbonyl (C=O) groups excluding carboxylic acids is 1. The average molecular weight is 213 g/mol. The Bertz CT molecular complexity index is 380. The molecule has 0 saturated carbocycles. The molecule has 0 aliphatic rings. The molecular formula is C9H15N3O3. The molecule has 1 atom stereocenters. The SMILES string of the molecule is CC(O)CCN(C)C(=O)c1c[nH]c(=O)[nH]1. The standard InChI is InChI=1S/C9H15N3O3/c1-6(13)3-4-12(2)8(14)7-5-10-9(15)11-7/h5-6,13H,3-4H2,1-2H3,(H2,10,11,15). The summed E-state index contributed by atoms with van der Waals surface area (Å²) < 4.78 is 0. The van der Waals surface area contributed by atoms with E-state index in [0.29, 0.717) is 13.0 Å². The van der Waals surface area contributed by atoms with Gasteiger partial charge >= 0.3 is 5.69 Å². The van der Waals surface area contributed by atoms with Crippen LogP contribution in [-0.4, -0.2) is 45.6 Å². The largest absolute Gasteiger partial charge is 0.393 e. The molecule has 0 spiro atoms. The van der Waals surface area contributed by atoms with Crippen molar-refractivity contribution in [1.82, 2.24) is 14.9 Å². The lowest BCUT2D eigenvalue weighted by Gasteiger charge is -2.16. The van der Waals surface area contributed by atoms with E-state index >= 15 is 0 Å². The molecule has 1 unspecified atom stereocenters.